The highest BCUT2D eigenvalue weighted by atomic mass is 15.2. The van der Waals surface area contributed by atoms with Crippen LogP contribution in [0.5, 0.6) is 0 Å². The van der Waals surface area contributed by atoms with Crippen molar-refractivity contribution in [1.82, 2.24) is 10.2 Å². The minimum absolute atomic E-state index is 0.533. The smallest absolute Gasteiger partial charge is 0.0388 e. The monoisotopic (exact) mass is 275 g/mol. The number of likely N-dealkylation sites (N-methyl/N-ethyl adjacent to an activating group) is 2. The normalized spacial score (nSPS) is 16.4. The average molecular weight is 275 g/mol. The Kier molecular flexibility index (Phi) is 5.44. The van der Waals surface area contributed by atoms with Gasteiger partial charge in [0, 0.05) is 37.4 Å². The van der Waals surface area contributed by atoms with Crippen molar-refractivity contribution in [3.8, 4) is 0 Å². The molecule has 20 heavy (non-hydrogen) atoms. The first-order chi connectivity index (χ1) is 9.60. The van der Waals surface area contributed by atoms with Crippen LogP contribution < -0.4 is 10.2 Å². The molecule has 3 heteroatoms. The van der Waals surface area contributed by atoms with Gasteiger partial charge < -0.3 is 15.1 Å². The van der Waals surface area contributed by atoms with Gasteiger partial charge in [-0.1, -0.05) is 12.1 Å². The summed E-state index contributed by atoms with van der Waals surface area (Å²) in [5.74, 6) is 0. The lowest BCUT2D eigenvalue weighted by atomic mass is 10.1. The molecule has 1 aromatic rings. The summed E-state index contributed by atoms with van der Waals surface area (Å²) < 4.78 is 0. The maximum absolute atomic E-state index is 3.56. The predicted octanol–water partition coefficient (Wildman–Crippen LogP) is 2.72. The van der Waals surface area contributed by atoms with Gasteiger partial charge >= 0.3 is 0 Å². The van der Waals surface area contributed by atoms with Gasteiger partial charge in [0.1, 0.15) is 0 Å². The van der Waals surface area contributed by atoms with Crippen molar-refractivity contribution in [2.45, 2.75) is 45.3 Å². The van der Waals surface area contributed by atoms with Crippen LogP contribution in [0.1, 0.15) is 32.3 Å². The molecule has 1 atom stereocenters. The Balaban J connectivity index is 1.94. The Hall–Kier alpha value is -1.06. The summed E-state index contributed by atoms with van der Waals surface area (Å²) in [7, 11) is 4.27. The van der Waals surface area contributed by atoms with Crippen LogP contribution in [-0.4, -0.2) is 44.2 Å². The number of anilines is 1. The van der Waals surface area contributed by atoms with E-state index in [1.165, 1.54) is 24.1 Å². The van der Waals surface area contributed by atoms with Gasteiger partial charge in [0.25, 0.3) is 0 Å². The second-order valence-corrected chi connectivity index (χ2v) is 6.22. The molecule has 0 aliphatic heterocycles. The van der Waals surface area contributed by atoms with Crippen molar-refractivity contribution in [3.63, 3.8) is 0 Å². The Morgan fingerprint density at radius 2 is 1.85 bits per heavy atom. The van der Waals surface area contributed by atoms with E-state index < -0.39 is 0 Å². The van der Waals surface area contributed by atoms with Crippen LogP contribution in [-0.2, 0) is 6.54 Å². The predicted molar refractivity (Wildman–Crippen MR) is 87.3 cm³/mol. The summed E-state index contributed by atoms with van der Waals surface area (Å²) in [5, 5.41) is 3.56. The molecule has 112 valence electrons. The molecule has 2 rings (SSSR count). The van der Waals surface area contributed by atoms with E-state index in [1.807, 2.05) is 0 Å². The molecule has 0 amide bonds. The molecule has 1 fully saturated rings. The fourth-order valence-corrected chi connectivity index (χ4v) is 2.73. The maximum atomic E-state index is 3.56. The zero-order valence-electron chi connectivity index (χ0n) is 13.4. The average Bonchev–Trinajstić information content (AvgIpc) is 3.22. The Labute approximate surface area is 124 Å². The number of nitrogens with one attached hydrogen (secondary N) is 1. The van der Waals surface area contributed by atoms with Crippen LogP contribution in [0.25, 0.3) is 0 Å². The first kappa shape index (κ1) is 15.3. The van der Waals surface area contributed by atoms with Gasteiger partial charge in [-0.3, -0.25) is 0 Å². The van der Waals surface area contributed by atoms with E-state index in [2.05, 4.69) is 67.3 Å². The second-order valence-electron chi connectivity index (χ2n) is 6.22. The fraction of sp³-hybridized carbons (Fsp3) is 0.647. The zero-order valence-corrected chi connectivity index (χ0v) is 13.4. The summed E-state index contributed by atoms with van der Waals surface area (Å²) in [6.07, 6.45) is 2.70. The molecule has 0 radical (unpaired) electrons. The molecule has 0 bridgehead atoms. The van der Waals surface area contributed by atoms with E-state index >= 15 is 0 Å². The molecule has 0 aromatic heterocycles. The maximum Gasteiger partial charge on any atom is 0.0388 e. The first-order valence-electron chi connectivity index (χ1n) is 7.84. The lowest BCUT2D eigenvalue weighted by Crippen LogP contribution is -2.40. The number of benzene rings is 1. The van der Waals surface area contributed by atoms with Gasteiger partial charge in [0.05, 0.1) is 0 Å². The van der Waals surface area contributed by atoms with E-state index in [0.29, 0.717) is 6.04 Å². The third-order valence-electron chi connectivity index (χ3n) is 3.94. The van der Waals surface area contributed by atoms with Crippen LogP contribution in [0.2, 0.25) is 0 Å². The van der Waals surface area contributed by atoms with Crippen molar-refractivity contribution >= 4 is 5.69 Å². The second kappa shape index (κ2) is 7.09. The van der Waals surface area contributed by atoms with Crippen molar-refractivity contribution in [2.24, 2.45) is 0 Å². The molecule has 0 heterocycles. The molecule has 1 aromatic carbocycles. The Morgan fingerprint density at radius 3 is 2.35 bits per heavy atom. The Bertz CT molecular complexity index is 395. The summed E-state index contributed by atoms with van der Waals surface area (Å²) in [4.78, 5) is 4.72. The summed E-state index contributed by atoms with van der Waals surface area (Å²) in [6.45, 7) is 7.67. The first-order valence-corrected chi connectivity index (χ1v) is 7.84. The van der Waals surface area contributed by atoms with E-state index in [-0.39, 0.29) is 0 Å². The third-order valence-corrected chi connectivity index (χ3v) is 3.94. The minimum Gasteiger partial charge on any atom is -0.368 e. The zero-order chi connectivity index (χ0) is 14.5. The van der Waals surface area contributed by atoms with Crippen LogP contribution in [0.3, 0.4) is 0 Å². The topological polar surface area (TPSA) is 18.5 Å². The molecule has 0 spiro atoms. The van der Waals surface area contributed by atoms with Gasteiger partial charge in [-0.2, -0.15) is 0 Å². The standard InChI is InChI=1S/C17H29N3/c1-5-20(14(2)13-19(3)4)17-10-6-15(7-11-17)12-18-16-8-9-16/h6-7,10-11,14,16,18H,5,8-9,12-13H2,1-4H3. The highest BCUT2D eigenvalue weighted by Gasteiger charge is 2.20. The van der Waals surface area contributed by atoms with Crippen LogP contribution >= 0.6 is 0 Å². The summed E-state index contributed by atoms with van der Waals surface area (Å²) in [6, 6.07) is 10.4. The van der Waals surface area contributed by atoms with Crippen molar-refractivity contribution < 1.29 is 0 Å². The SMILES string of the molecule is CCN(c1ccc(CNC2CC2)cc1)C(C)CN(C)C. The highest BCUT2D eigenvalue weighted by molar-refractivity contribution is 5.48. The van der Waals surface area contributed by atoms with Crippen molar-refractivity contribution in [3.05, 3.63) is 29.8 Å². The van der Waals surface area contributed by atoms with Crippen LogP contribution in [0.15, 0.2) is 24.3 Å². The van der Waals surface area contributed by atoms with E-state index in [1.54, 1.807) is 0 Å². The molecule has 1 saturated carbocycles. The molecule has 1 unspecified atom stereocenters. The highest BCUT2D eigenvalue weighted by Crippen LogP contribution is 2.21. The molecule has 3 nitrogen and oxygen atoms in total. The summed E-state index contributed by atoms with van der Waals surface area (Å²) >= 11 is 0. The molecule has 1 N–H and O–H groups in total. The van der Waals surface area contributed by atoms with E-state index in [4.69, 9.17) is 0 Å². The molecule has 1 aliphatic rings. The van der Waals surface area contributed by atoms with Gasteiger partial charge in [-0.05, 0) is 58.5 Å². The molecule has 0 saturated heterocycles. The van der Waals surface area contributed by atoms with E-state index in [9.17, 15) is 0 Å². The number of hydrogen-bond acceptors (Lipinski definition) is 3. The lowest BCUT2D eigenvalue weighted by Gasteiger charge is -2.32. The van der Waals surface area contributed by atoms with Gasteiger partial charge in [0.2, 0.25) is 0 Å². The van der Waals surface area contributed by atoms with Gasteiger partial charge in [-0.15, -0.1) is 0 Å². The molecular weight excluding hydrogens is 246 g/mol. The van der Waals surface area contributed by atoms with Gasteiger partial charge in [0.15, 0.2) is 0 Å². The fourth-order valence-electron chi connectivity index (χ4n) is 2.73. The molecular formula is C17H29N3. The van der Waals surface area contributed by atoms with Crippen LogP contribution in [0.4, 0.5) is 5.69 Å². The van der Waals surface area contributed by atoms with Gasteiger partial charge in [-0.25, -0.2) is 0 Å². The quantitative estimate of drug-likeness (QED) is 0.787. The minimum atomic E-state index is 0.533. The third kappa shape index (κ3) is 4.50. The van der Waals surface area contributed by atoms with E-state index in [0.717, 1.165) is 25.7 Å². The van der Waals surface area contributed by atoms with Crippen molar-refractivity contribution in [1.29, 1.82) is 0 Å². The summed E-state index contributed by atoms with van der Waals surface area (Å²) in [5.41, 5.74) is 2.72. The number of hydrogen-bond donors (Lipinski definition) is 1. The number of rotatable bonds is 8. The largest absolute Gasteiger partial charge is 0.368 e. The van der Waals surface area contributed by atoms with Crippen molar-refractivity contribution in [2.75, 3.05) is 32.1 Å². The number of nitrogens with zero attached hydrogens (tertiary/aromatic N) is 2. The lowest BCUT2D eigenvalue weighted by molar-refractivity contribution is 0.373. The Morgan fingerprint density at radius 1 is 1.20 bits per heavy atom. The molecule has 1 aliphatic carbocycles. The van der Waals surface area contributed by atoms with Crippen LogP contribution in [0, 0.1) is 0 Å².